The topological polar surface area (TPSA) is 12.9 Å². The van der Waals surface area contributed by atoms with Gasteiger partial charge in [-0.15, -0.1) is 0 Å². The van der Waals surface area contributed by atoms with Gasteiger partial charge in [0.1, 0.15) is 0 Å². The molecule has 184 valence electrons. The number of rotatable bonds is 6. The third kappa shape index (κ3) is 6.02. The van der Waals surface area contributed by atoms with Crippen molar-refractivity contribution in [1.29, 1.82) is 0 Å². The molecule has 0 amide bonds. The molecule has 0 aliphatic rings. The lowest BCUT2D eigenvalue weighted by Gasteiger charge is -2.18. The average molecular weight is 474 g/mol. The highest BCUT2D eigenvalue weighted by molar-refractivity contribution is 5.85. The van der Waals surface area contributed by atoms with Crippen molar-refractivity contribution < 1.29 is 0 Å². The van der Waals surface area contributed by atoms with Gasteiger partial charge in [-0.1, -0.05) is 121 Å². The zero-order chi connectivity index (χ0) is 25.9. The fourth-order valence-corrected chi connectivity index (χ4v) is 4.61. The summed E-state index contributed by atoms with van der Waals surface area (Å²) in [5.74, 6) is 0.964. The summed E-state index contributed by atoms with van der Waals surface area (Å²) < 4.78 is 0. The Morgan fingerprint density at radius 2 is 1.25 bits per heavy atom. The molecule has 0 saturated carbocycles. The number of aromatic nitrogens is 1. The molecule has 36 heavy (non-hydrogen) atoms. The molecule has 4 rings (SSSR count). The Kier molecular flexibility index (Phi) is 7.59. The van der Waals surface area contributed by atoms with Crippen molar-refractivity contribution in [1.82, 2.24) is 4.98 Å². The van der Waals surface area contributed by atoms with Gasteiger partial charge in [-0.2, -0.15) is 0 Å². The number of hydrogen-bond donors (Lipinski definition) is 0. The van der Waals surface area contributed by atoms with Crippen molar-refractivity contribution in [2.75, 3.05) is 0 Å². The van der Waals surface area contributed by atoms with Crippen LogP contribution in [0, 0.1) is 0 Å². The van der Waals surface area contributed by atoms with Gasteiger partial charge in [0.05, 0.1) is 11.2 Å². The Hall–Kier alpha value is -3.45. The minimum Gasteiger partial charge on any atom is -0.248 e. The Labute approximate surface area is 217 Å². The maximum absolute atomic E-state index is 4.92. The van der Waals surface area contributed by atoms with Crippen molar-refractivity contribution in [3.8, 4) is 0 Å². The summed E-state index contributed by atoms with van der Waals surface area (Å²) in [5.41, 5.74) is 10.0. The zero-order valence-corrected chi connectivity index (χ0v) is 22.8. The van der Waals surface area contributed by atoms with Crippen LogP contribution < -0.4 is 0 Å². The first-order valence-electron chi connectivity index (χ1n) is 13.1. The van der Waals surface area contributed by atoms with E-state index in [2.05, 4.69) is 146 Å². The van der Waals surface area contributed by atoms with Gasteiger partial charge in [0.2, 0.25) is 0 Å². The summed E-state index contributed by atoms with van der Waals surface area (Å²) >= 11 is 0. The second kappa shape index (κ2) is 10.7. The van der Waals surface area contributed by atoms with Crippen LogP contribution in [-0.4, -0.2) is 4.98 Å². The molecule has 0 bridgehead atoms. The molecule has 1 heterocycles. The molecule has 0 radical (unpaired) electrons. The van der Waals surface area contributed by atoms with Gasteiger partial charge in [-0.3, -0.25) is 0 Å². The lowest BCUT2D eigenvalue weighted by atomic mass is 9.87. The third-order valence-corrected chi connectivity index (χ3v) is 6.82. The van der Waals surface area contributed by atoms with Crippen LogP contribution in [-0.2, 0) is 5.41 Å². The molecule has 0 fully saturated rings. The van der Waals surface area contributed by atoms with E-state index in [0.29, 0.717) is 11.8 Å². The summed E-state index contributed by atoms with van der Waals surface area (Å²) in [6.45, 7) is 15.8. The lowest BCUT2D eigenvalue weighted by Crippen LogP contribution is -2.10. The number of hydrogen-bond acceptors (Lipinski definition) is 1. The fraction of sp³-hybridized carbons (Fsp3) is 0.286. The lowest BCUT2D eigenvalue weighted by molar-refractivity contribution is 0.590. The van der Waals surface area contributed by atoms with Crippen LogP contribution in [0.5, 0.6) is 0 Å². The minimum absolute atomic E-state index is 0.177. The Balaban J connectivity index is 1.56. The number of nitrogens with zero attached hydrogens (tertiary/aromatic N) is 1. The van der Waals surface area contributed by atoms with E-state index >= 15 is 0 Å². The van der Waals surface area contributed by atoms with Crippen molar-refractivity contribution in [2.24, 2.45) is 0 Å². The highest BCUT2D eigenvalue weighted by Crippen LogP contribution is 2.29. The summed E-state index contributed by atoms with van der Waals surface area (Å²) in [6.07, 6.45) is 8.76. The SMILES string of the molecule is CC(C)c1cccc(C(C)C)c1/C=C/c1ccc2cc(/C=C/c3ccc(C(C)(C)C)cc3)ccc2n1. The molecule has 0 aliphatic heterocycles. The third-order valence-electron chi connectivity index (χ3n) is 6.82. The molecule has 0 aliphatic carbocycles. The van der Waals surface area contributed by atoms with Gasteiger partial charge < -0.3 is 0 Å². The predicted octanol–water partition coefficient (Wildman–Crippen LogP) is 10.1. The highest BCUT2D eigenvalue weighted by atomic mass is 14.7. The maximum atomic E-state index is 4.92. The molecule has 3 aromatic carbocycles. The molecular formula is C35H39N. The first-order chi connectivity index (χ1) is 17.1. The van der Waals surface area contributed by atoms with Crippen LogP contribution in [0.1, 0.15) is 99.4 Å². The van der Waals surface area contributed by atoms with E-state index in [1.54, 1.807) is 0 Å². The van der Waals surface area contributed by atoms with E-state index < -0.39 is 0 Å². The molecule has 0 N–H and O–H groups in total. The Morgan fingerprint density at radius 1 is 0.639 bits per heavy atom. The van der Waals surface area contributed by atoms with E-state index in [1.807, 2.05) is 0 Å². The molecular weight excluding hydrogens is 434 g/mol. The van der Waals surface area contributed by atoms with Gasteiger partial charge in [-0.05, 0) is 74.9 Å². The summed E-state index contributed by atoms with van der Waals surface area (Å²) in [7, 11) is 0. The van der Waals surface area contributed by atoms with E-state index in [1.165, 1.54) is 33.4 Å². The van der Waals surface area contributed by atoms with Crippen molar-refractivity contribution in [3.63, 3.8) is 0 Å². The van der Waals surface area contributed by atoms with Crippen molar-refractivity contribution in [3.05, 3.63) is 112 Å². The molecule has 1 nitrogen and oxygen atoms in total. The second-order valence-electron chi connectivity index (χ2n) is 11.4. The summed E-state index contributed by atoms with van der Waals surface area (Å²) in [4.78, 5) is 4.92. The first-order valence-corrected chi connectivity index (χ1v) is 13.1. The van der Waals surface area contributed by atoms with Crippen molar-refractivity contribution >= 4 is 35.2 Å². The predicted molar refractivity (Wildman–Crippen MR) is 159 cm³/mol. The van der Waals surface area contributed by atoms with Crippen LogP contribution in [0.2, 0.25) is 0 Å². The largest absolute Gasteiger partial charge is 0.248 e. The number of pyridine rings is 1. The second-order valence-corrected chi connectivity index (χ2v) is 11.4. The van der Waals surface area contributed by atoms with E-state index in [4.69, 9.17) is 4.98 Å². The normalized spacial score (nSPS) is 12.6. The highest BCUT2D eigenvalue weighted by Gasteiger charge is 2.13. The fourth-order valence-electron chi connectivity index (χ4n) is 4.61. The van der Waals surface area contributed by atoms with Gasteiger partial charge in [0, 0.05) is 5.39 Å². The van der Waals surface area contributed by atoms with Gasteiger partial charge in [0.25, 0.3) is 0 Å². The number of fused-ring (bicyclic) bond motifs is 1. The molecule has 0 saturated heterocycles. The average Bonchev–Trinajstić information content (AvgIpc) is 2.85. The van der Waals surface area contributed by atoms with Gasteiger partial charge in [0.15, 0.2) is 0 Å². The zero-order valence-electron chi connectivity index (χ0n) is 22.8. The van der Waals surface area contributed by atoms with Gasteiger partial charge >= 0.3 is 0 Å². The number of benzene rings is 3. The quantitative estimate of drug-likeness (QED) is 0.254. The molecule has 0 unspecified atom stereocenters. The molecule has 0 atom stereocenters. The van der Waals surface area contributed by atoms with Crippen LogP contribution in [0.3, 0.4) is 0 Å². The van der Waals surface area contributed by atoms with Crippen LogP contribution in [0.4, 0.5) is 0 Å². The van der Waals surface area contributed by atoms with E-state index in [-0.39, 0.29) is 5.41 Å². The van der Waals surface area contributed by atoms with Crippen molar-refractivity contribution in [2.45, 2.75) is 65.7 Å². The summed E-state index contributed by atoms with van der Waals surface area (Å²) in [6, 6.07) is 26.3. The van der Waals surface area contributed by atoms with E-state index in [9.17, 15) is 0 Å². The minimum atomic E-state index is 0.177. The maximum Gasteiger partial charge on any atom is 0.0709 e. The monoisotopic (exact) mass is 473 g/mol. The molecule has 0 spiro atoms. The molecule has 1 aromatic heterocycles. The van der Waals surface area contributed by atoms with Crippen LogP contribution in [0.25, 0.3) is 35.2 Å². The summed E-state index contributed by atoms with van der Waals surface area (Å²) in [5, 5.41) is 1.16. The van der Waals surface area contributed by atoms with E-state index in [0.717, 1.165) is 16.6 Å². The molecule has 1 heteroatoms. The van der Waals surface area contributed by atoms with Crippen LogP contribution >= 0.6 is 0 Å². The Morgan fingerprint density at radius 3 is 1.86 bits per heavy atom. The van der Waals surface area contributed by atoms with Crippen LogP contribution in [0.15, 0.2) is 72.8 Å². The smallest absolute Gasteiger partial charge is 0.0709 e. The first kappa shape index (κ1) is 25.6. The molecule has 4 aromatic rings. The standard InChI is InChI=1S/C35H39N/c1-24(2)31-9-8-10-32(25(3)4)33(31)21-20-30-19-16-28-23-27(15-22-34(28)36-30)12-11-26-13-17-29(18-14-26)35(5,6)7/h8-25H,1-7H3/b12-11+,21-20+. The van der Waals surface area contributed by atoms with Gasteiger partial charge in [-0.25, -0.2) is 4.98 Å². The Bertz CT molecular complexity index is 1370.